The Bertz CT molecular complexity index is 238. The van der Waals surface area contributed by atoms with E-state index in [1.807, 2.05) is 0 Å². The first-order valence-corrected chi connectivity index (χ1v) is 3.44. The van der Waals surface area contributed by atoms with Crippen LogP contribution in [0.5, 0.6) is 0 Å². The van der Waals surface area contributed by atoms with Crippen molar-refractivity contribution in [1.29, 1.82) is 0 Å². The summed E-state index contributed by atoms with van der Waals surface area (Å²) in [6.45, 7) is 1.32. The molecule has 0 aromatic carbocycles. The van der Waals surface area contributed by atoms with E-state index in [-0.39, 0.29) is 6.42 Å². The fraction of sp³-hybridized carbons (Fsp3) is 0.667. The number of nitrogens with two attached hydrogens (primary N) is 1. The minimum Gasteiger partial charge on any atom is -0.369 e. The van der Waals surface area contributed by atoms with Gasteiger partial charge in [0.2, 0.25) is 5.91 Å². The first kappa shape index (κ1) is 8.95. The van der Waals surface area contributed by atoms with Crippen LogP contribution in [-0.2, 0) is 4.79 Å². The van der Waals surface area contributed by atoms with Gasteiger partial charge in [-0.2, -0.15) is 0 Å². The van der Waals surface area contributed by atoms with Gasteiger partial charge in [-0.1, -0.05) is 0 Å². The van der Waals surface area contributed by atoms with Crippen molar-refractivity contribution in [2.24, 2.45) is 5.84 Å². The average Bonchev–Trinajstić information content (AvgIpc) is 1.97. The molecule has 12 heavy (non-hydrogen) atoms. The molecule has 1 fully saturated rings. The zero-order valence-corrected chi connectivity index (χ0v) is 6.94. The topological polar surface area (TPSA) is 86.9 Å². The number of carbonyl (C=O) groups is 2. The number of urea groups is 1. The van der Waals surface area contributed by atoms with Crippen molar-refractivity contribution in [3.05, 3.63) is 0 Å². The second-order valence-corrected chi connectivity index (χ2v) is 3.00. The summed E-state index contributed by atoms with van der Waals surface area (Å²) in [6.07, 6.45) is -0.175. The molecular formula is C6H11N3O3. The molecule has 0 radical (unpaired) electrons. The predicted octanol–water partition coefficient (Wildman–Crippen LogP) is -1.15. The molecule has 1 saturated heterocycles. The standard InChI is InChI=1S/C6H11N3O3/c1-6(12)3-4(10)8(2)5(11)9(6)7/h12H,3,7H2,1-2H3. The highest BCUT2D eigenvalue weighted by molar-refractivity contribution is 5.97. The molecule has 0 spiro atoms. The lowest BCUT2D eigenvalue weighted by Gasteiger charge is -2.39. The number of aliphatic hydroxyl groups is 1. The number of rotatable bonds is 0. The molecule has 3 N–H and O–H groups in total. The van der Waals surface area contributed by atoms with Crippen LogP contribution in [0.3, 0.4) is 0 Å². The molecule has 3 amide bonds. The second-order valence-electron chi connectivity index (χ2n) is 3.00. The van der Waals surface area contributed by atoms with E-state index in [9.17, 15) is 14.7 Å². The molecular weight excluding hydrogens is 162 g/mol. The SMILES string of the molecule is CN1C(=O)CC(C)(O)N(N)C1=O. The normalized spacial score (nSPS) is 31.3. The van der Waals surface area contributed by atoms with Crippen LogP contribution < -0.4 is 5.84 Å². The van der Waals surface area contributed by atoms with Gasteiger partial charge in [-0.25, -0.2) is 15.6 Å². The summed E-state index contributed by atoms with van der Waals surface area (Å²) >= 11 is 0. The van der Waals surface area contributed by atoms with Gasteiger partial charge in [0.05, 0.1) is 6.42 Å². The van der Waals surface area contributed by atoms with E-state index in [1.165, 1.54) is 14.0 Å². The minimum absolute atomic E-state index is 0.175. The molecule has 6 heteroatoms. The van der Waals surface area contributed by atoms with E-state index in [4.69, 9.17) is 5.84 Å². The number of carbonyl (C=O) groups excluding carboxylic acids is 2. The molecule has 0 saturated carbocycles. The van der Waals surface area contributed by atoms with Crippen LogP contribution in [0.2, 0.25) is 0 Å². The molecule has 0 aromatic rings. The summed E-state index contributed by atoms with van der Waals surface area (Å²) in [5, 5.41) is 10.1. The van der Waals surface area contributed by atoms with E-state index < -0.39 is 17.7 Å². The van der Waals surface area contributed by atoms with Gasteiger partial charge in [-0.15, -0.1) is 0 Å². The van der Waals surface area contributed by atoms with Crippen LogP contribution in [-0.4, -0.2) is 39.7 Å². The largest absolute Gasteiger partial charge is 0.369 e. The number of amides is 3. The summed E-state index contributed by atoms with van der Waals surface area (Å²) in [6, 6.07) is -0.698. The molecule has 6 nitrogen and oxygen atoms in total. The molecule has 1 heterocycles. The van der Waals surface area contributed by atoms with Crippen molar-refractivity contribution in [3.63, 3.8) is 0 Å². The first-order chi connectivity index (χ1) is 5.36. The van der Waals surface area contributed by atoms with E-state index in [0.717, 1.165) is 4.90 Å². The van der Waals surface area contributed by atoms with Crippen molar-refractivity contribution >= 4 is 11.9 Å². The quantitative estimate of drug-likeness (QED) is 0.358. The van der Waals surface area contributed by atoms with Crippen molar-refractivity contribution in [3.8, 4) is 0 Å². The van der Waals surface area contributed by atoms with Gasteiger partial charge in [-0.05, 0) is 6.92 Å². The Balaban J connectivity index is 2.93. The maximum absolute atomic E-state index is 11.1. The van der Waals surface area contributed by atoms with Crippen molar-refractivity contribution in [1.82, 2.24) is 9.91 Å². The number of nitrogens with zero attached hydrogens (tertiary/aromatic N) is 2. The van der Waals surface area contributed by atoms with Crippen LogP contribution in [0.15, 0.2) is 0 Å². The number of hydrogen-bond donors (Lipinski definition) is 2. The molecule has 1 unspecified atom stereocenters. The average molecular weight is 173 g/mol. The van der Waals surface area contributed by atoms with Gasteiger partial charge < -0.3 is 5.11 Å². The van der Waals surface area contributed by atoms with Crippen LogP contribution in [0.1, 0.15) is 13.3 Å². The number of hydrogen-bond acceptors (Lipinski definition) is 4. The maximum Gasteiger partial charge on any atom is 0.343 e. The van der Waals surface area contributed by atoms with Crippen LogP contribution >= 0.6 is 0 Å². The fourth-order valence-electron chi connectivity index (χ4n) is 0.965. The van der Waals surface area contributed by atoms with Crippen molar-refractivity contribution < 1.29 is 14.7 Å². The lowest BCUT2D eigenvalue weighted by atomic mass is 10.1. The van der Waals surface area contributed by atoms with Crippen molar-refractivity contribution in [2.45, 2.75) is 19.1 Å². The van der Waals surface area contributed by atoms with Crippen LogP contribution in [0, 0.1) is 0 Å². The highest BCUT2D eigenvalue weighted by Gasteiger charge is 2.42. The zero-order chi connectivity index (χ0) is 9.52. The van der Waals surface area contributed by atoms with E-state index >= 15 is 0 Å². The summed E-state index contributed by atoms with van der Waals surface area (Å²) < 4.78 is 0. The summed E-state index contributed by atoms with van der Waals surface area (Å²) in [7, 11) is 1.32. The van der Waals surface area contributed by atoms with Gasteiger partial charge in [-0.3, -0.25) is 9.69 Å². The van der Waals surface area contributed by atoms with Gasteiger partial charge in [0.25, 0.3) is 0 Å². The van der Waals surface area contributed by atoms with E-state index in [2.05, 4.69) is 0 Å². The van der Waals surface area contributed by atoms with Gasteiger partial charge in [0.15, 0.2) is 5.72 Å². The third-order valence-electron chi connectivity index (χ3n) is 1.87. The Morgan fingerprint density at radius 3 is 2.58 bits per heavy atom. The van der Waals surface area contributed by atoms with Crippen LogP contribution in [0.4, 0.5) is 4.79 Å². The van der Waals surface area contributed by atoms with Gasteiger partial charge in [0.1, 0.15) is 0 Å². The Kier molecular flexibility index (Phi) is 1.81. The number of imide groups is 1. The molecule has 1 aliphatic heterocycles. The third-order valence-corrected chi connectivity index (χ3v) is 1.87. The summed E-state index contributed by atoms with van der Waals surface area (Å²) in [4.78, 5) is 23.0. The fourth-order valence-corrected chi connectivity index (χ4v) is 0.965. The first-order valence-electron chi connectivity index (χ1n) is 3.44. The highest BCUT2D eigenvalue weighted by Crippen LogP contribution is 2.20. The monoisotopic (exact) mass is 173 g/mol. The highest BCUT2D eigenvalue weighted by atomic mass is 16.3. The smallest absolute Gasteiger partial charge is 0.343 e. The van der Waals surface area contributed by atoms with E-state index in [1.54, 1.807) is 0 Å². The lowest BCUT2D eigenvalue weighted by molar-refractivity contribution is -0.151. The summed E-state index contributed by atoms with van der Waals surface area (Å²) in [5.41, 5.74) is -1.57. The Morgan fingerprint density at radius 2 is 2.08 bits per heavy atom. The van der Waals surface area contributed by atoms with Crippen molar-refractivity contribution in [2.75, 3.05) is 7.05 Å². The second kappa shape index (κ2) is 2.43. The zero-order valence-electron chi connectivity index (χ0n) is 6.94. The Morgan fingerprint density at radius 1 is 1.58 bits per heavy atom. The molecule has 0 bridgehead atoms. The molecule has 68 valence electrons. The Labute approximate surface area is 69.5 Å². The summed E-state index contributed by atoms with van der Waals surface area (Å²) in [5.74, 6) is 4.81. The molecule has 0 aromatic heterocycles. The number of hydrazine groups is 1. The van der Waals surface area contributed by atoms with Gasteiger partial charge in [0, 0.05) is 7.05 Å². The Hall–Kier alpha value is -1.14. The predicted molar refractivity (Wildman–Crippen MR) is 39.4 cm³/mol. The van der Waals surface area contributed by atoms with Gasteiger partial charge >= 0.3 is 6.03 Å². The molecule has 0 aliphatic carbocycles. The van der Waals surface area contributed by atoms with E-state index in [0.29, 0.717) is 5.01 Å². The lowest BCUT2D eigenvalue weighted by Crippen LogP contribution is -2.64. The van der Waals surface area contributed by atoms with Crippen LogP contribution in [0.25, 0.3) is 0 Å². The minimum atomic E-state index is -1.57. The third kappa shape index (κ3) is 1.15. The molecule has 1 atom stereocenters. The maximum atomic E-state index is 11.1. The molecule has 1 rings (SSSR count). The molecule has 1 aliphatic rings.